The maximum atomic E-state index is 6.72. The lowest BCUT2D eigenvalue weighted by atomic mass is 9.33. The highest BCUT2D eigenvalue weighted by Crippen LogP contribution is 2.52. The average Bonchev–Trinajstić information content (AvgIpc) is 0.928. The number of hydrogen-bond donors (Lipinski definition) is 0. The van der Waals surface area contributed by atoms with Gasteiger partial charge in [0.1, 0.15) is 11.2 Å². The zero-order chi connectivity index (χ0) is 74.4. The Morgan fingerprint density at radius 2 is 0.581 bits per heavy atom. The number of fused-ring (bicyclic) bond motifs is 7. The second-order valence-electron chi connectivity index (χ2n) is 37.3. The van der Waals surface area contributed by atoms with Gasteiger partial charge in [0, 0.05) is 56.3 Å². The summed E-state index contributed by atoms with van der Waals surface area (Å²) in [5.41, 5.74) is 33.3. The Kier molecular flexibility index (Phi) is 17.0. The van der Waals surface area contributed by atoms with Gasteiger partial charge in [-0.25, -0.2) is 0 Å². The van der Waals surface area contributed by atoms with Crippen LogP contribution in [0.2, 0.25) is 0 Å². The standard InChI is InChI=1S/C100H104BN3O/c1-94(2,3)71-34-26-63(27-35-71)67-52-68(64-28-36-72(37-29-64)95(4,5)6)55-80(54-67)102(79-48-51-92-84(60-79)83-24-22-23-25-91(83)105-92)82-61-89-93-90(62-82)104(81-56-69(65-30-38-73(39-31-65)96(7,8)9)53-70(57-81)66-32-40-74(41-33-66)97(10,11)12)88-50-45-77(100(19,20)21)59-86(88)101(93)85-58-76(99(16,17)18)44-49-87(85)103(89)78-46-42-75(43-47-78)98(13,14)15/h22-62H,1-21H3. The minimum atomic E-state index is -0.165. The number of benzene rings is 12. The third-order valence-electron chi connectivity index (χ3n) is 22.3. The summed E-state index contributed by atoms with van der Waals surface area (Å²) >= 11 is 0. The van der Waals surface area contributed by atoms with Crippen LogP contribution < -0.4 is 31.1 Å². The summed E-state index contributed by atoms with van der Waals surface area (Å²) in [5.74, 6) is 0. The molecule has 12 aromatic carbocycles. The molecule has 3 heterocycles. The highest BCUT2D eigenvalue weighted by Gasteiger charge is 2.45. The van der Waals surface area contributed by atoms with Crippen molar-refractivity contribution in [2.75, 3.05) is 14.7 Å². The van der Waals surface area contributed by atoms with Gasteiger partial charge < -0.3 is 19.1 Å². The molecule has 0 radical (unpaired) electrons. The third-order valence-corrected chi connectivity index (χ3v) is 22.3. The van der Waals surface area contributed by atoms with E-state index in [0.29, 0.717) is 0 Å². The monoisotopic (exact) mass is 1370 g/mol. The number of furan rings is 1. The molecule has 2 aliphatic heterocycles. The fourth-order valence-electron chi connectivity index (χ4n) is 15.8. The molecule has 0 spiro atoms. The van der Waals surface area contributed by atoms with Crippen LogP contribution in [-0.4, -0.2) is 6.71 Å². The summed E-state index contributed by atoms with van der Waals surface area (Å²) < 4.78 is 6.72. The van der Waals surface area contributed by atoms with Gasteiger partial charge in [-0.1, -0.05) is 297 Å². The maximum absolute atomic E-state index is 6.72. The smallest absolute Gasteiger partial charge is 0.252 e. The highest BCUT2D eigenvalue weighted by molar-refractivity contribution is 7.00. The van der Waals surface area contributed by atoms with Gasteiger partial charge in [-0.05, 0) is 235 Å². The first-order valence-electron chi connectivity index (χ1n) is 38.1. The van der Waals surface area contributed by atoms with Crippen molar-refractivity contribution in [1.82, 2.24) is 0 Å². The largest absolute Gasteiger partial charge is 0.456 e. The van der Waals surface area contributed by atoms with E-state index >= 15 is 0 Å². The maximum Gasteiger partial charge on any atom is 0.252 e. The molecule has 0 unspecified atom stereocenters. The molecule has 0 saturated carbocycles. The van der Waals surface area contributed by atoms with Crippen molar-refractivity contribution in [3.05, 3.63) is 288 Å². The fourth-order valence-corrected chi connectivity index (χ4v) is 15.8. The first-order valence-corrected chi connectivity index (χ1v) is 38.1. The molecule has 0 aliphatic carbocycles. The molecular formula is C100H104BN3O. The van der Waals surface area contributed by atoms with Crippen molar-refractivity contribution in [2.24, 2.45) is 0 Å². The molecule has 15 rings (SSSR count). The zero-order valence-corrected chi connectivity index (χ0v) is 66.0. The average molecular weight is 1370 g/mol. The van der Waals surface area contributed by atoms with E-state index in [2.05, 4.69) is 409 Å². The van der Waals surface area contributed by atoms with Gasteiger partial charge in [0.05, 0.1) is 5.69 Å². The van der Waals surface area contributed by atoms with Crippen LogP contribution in [0.1, 0.15) is 184 Å². The Morgan fingerprint density at radius 1 is 0.248 bits per heavy atom. The van der Waals surface area contributed by atoms with E-state index in [1.54, 1.807) is 0 Å². The molecule has 13 aromatic rings. The summed E-state index contributed by atoms with van der Waals surface area (Å²) in [6.45, 7) is 48.6. The molecule has 0 atom stereocenters. The molecule has 0 amide bonds. The molecule has 2 aliphatic rings. The van der Waals surface area contributed by atoms with E-state index in [0.717, 1.165) is 101 Å². The van der Waals surface area contributed by atoms with E-state index in [4.69, 9.17) is 4.42 Å². The molecule has 0 bridgehead atoms. The molecule has 5 heteroatoms. The SMILES string of the molecule is CC(C)(C)c1ccc(-c2cc(-c3ccc(C(C)(C)C)cc3)cc(N(c3cc4c5c(c3)N(c3cc(-c6ccc(C(C)(C)C)cc6)cc(-c6ccc(C(C)(C)C)cc6)c3)c3ccc(C(C)(C)C)cc3B5c3cc(C(C)(C)C)ccc3N4c3ccc(C(C)(C)C)cc3)c3ccc4oc5ccccc5c4c3)c2)cc1. The second kappa shape index (κ2) is 25.3. The van der Waals surface area contributed by atoms with E-state index in [1.165, 1.54) is 72.1 Å². The van der Waals surface area contributed by atoms with Crippen LogP contribution in [-0.2, 0) is 37.9 Å². The van der Waals surface area contributed by atoms with E-state index < -0.39 is 0 Å². The third kappa shape index (κ3) is 13.3. The van der Waals surface area contributed by atoms with Gasteiger partial charge in [0.25, 0.3) is 6.71 Å². The van der Waals surface area contributed by atoms with Crippen LogP contribution in [0.5, 0.6) is 0 Å². The summed E-state index contributed by atoms with van der Waals surface area (Å²) in [5, 5.41) is 2.14. The molecular weight excluding hydrogens is 1270 g/mol. The van der Waals surface area contributed by atoms with Crippen LogP contribution in [0.4, 0.5) is 51.2 Å². The topological polar surface area (TPSA) is 22.9 Å². The van der Waals surface area contributed by atoms with Crippen molar-refractivity contribution < 1.29 is 4.42 Å². The van der Waals surface area contributed by atoms with Crippen molar-refractivity contribution >= 4 is 96.2 Å². The summed E-state index contributed by atoms with van der Waals surface area (Å²) in [7, 11) is 0. The number of hydrogen-bond acceptors (Lipinski definition) is 4. The van der Waals surface area contributed by atoms with Gasteiger partial charge >= 0.3 is 0 Å². The van der Waals surface area contributed by atoms with Crippen LogP contribution >= 0.6 is 0 Å². The summed E-state index contributed by atoms with van der Waals surface area (Å²) in [6, 6.07) is 96.7. The first kappa shape index (κ1) is 70.6. The molecule has 1 aromatic heterocycles. The van der Waals surface area contributed by atoms with Crippen LogP contribution in [0.3, 0.4) is 0 Å². The Hall–Kier alpha value is -10.1. The summed E-state index contributed by atoms with van der Waals surface area (Å²) in [4.78, 5) is 7.82. The van der Waals surface area contributed by atoms with Gasteiger partial charge in [0.15, 0.2) is 0 Å². The Balaban J connectivity index is 1.10. The highest BCUT2D eigenvalue weighted by atomic mass is 16.3. The van der Waals surface area contributed by atoms with Gasteiger partial charge in [-0.15, -0.1) is 0 Å². The van der Waals surface area contributed by atoms with E-state index in [9.17, 15) is 0 Å². The van der Waals surface area contributed by atoms with Crippen molar-refractivity contribution in [3.8, 4) is 44.5 Å². The Labute approximate surface area is 626 Å². The lowest BCUT2D eigenvalue weighted by Crippen LogP contribution is -2.61. The predicted octanol–water partition coefficient (Wildman–Crippen LogP) is 26.9. The van der Waals surface area contributed by atoms with Gasteiger partial charge in [-0.2, -0.15) is 0 Å². The Morgan fingerprint density at radius 3 is 0.971 bits per heavy atom. The minimum absolute atomic E-state index is 0.0105. The lowest BCUT2D eigenvalue weighted by molar-refractivity contribution is 0.590. The normalized spacial score (nSPS) is 13.5. The molecule has 0 fully saturated rings. The van der Waals surface area contributed by atoms with Crippen molar-refractivity contribution in [3.63, 3.8) is 0 Å². The number of nitrogens with zero attached hydrogens (tertiary/aromatic N) is 3. The lowest BCUT2D eigenvalue weighted by Gasteiger charge is -2.45. The van der Waals surface area contributed by atoms with Crippen LogP contribution in [0.25, 0.3) is 66.4 Å². The summed E-state index contributed by atoms with van der Waals surface area (Å²) in [6.07, 6.45) is 0. The fraction of sp³-hybridized carbons (Fsp3) is 0.280. The molecule has 0 saturated heterocycles. The number of rotatable bonds is 9. The number of anilines is 9. The molecule has 528 valence electrons. The zero-order valence-electron chi connectivity index (χ0n) is 66.0. The second-order valence-corrected chi connectivity index (χ2v) is 37.3. The van der Waals surface area contributed by atoms with E-state index in [-0.39, 0.29) is 44.6 Å². The van der Waals surface area contributed by atoms with E-state index in [1.807, 2.05) is 0 Å². The van der Waals surface area contributed by atoms with Gasteiger partial charge in [-0.3, -0.25) is 0 Å². The minimum Gasteiger partial charge on any atom is -0.456 e. The first-order chi connectivity index (χ1) is 49.4. The Bertz CT molecular complexity index is 5340. The van der Waals surface area contributed by atoms with Gasteiger partial charge in [0.2, 0.25) is 0 Å². The van der Waals surface area contributed by atoms with Crippen molar-refractivity contribution in [2.45, 2.75) is 183 Å². The van der Waals surface area contributed by atoms with Crippen LogP contribution in [0.15, 0.2) is 253 Å². The molecule has 105 heavy (non-hydrogen) atoms. The quantitative estimate of drug-likeness (QED) is 0.134. The van der Waals surface area contributed by atoms with Crippen molar-refractivity contribution in [1.29, 1.82) is 0 Å². The number of para-hydroxylation sites is 1. The predicted molar refractivity (Wildman–Crippen MR) is 455 cm³/mol. The molecule has 0 N–H and O–H groups in total. The van der Waals surface area contributed by atoms with Crippen LogP contribution in [0, 0.1) is 0 Å². The molecule has 4 nitrogen and oxygen atoms in total.